The zero-order valence-corrected chi connectivity index (χ0v) is 23.9. The van der Waals surface area contributed by atoms with Crippen LogP contribution in [0.2, 0.25) is 0 Å². The highest BCUT2D eigenvalue weighted by molar-refractivity contribution is 7.19. The molecule has 0 unspecified atom stereocenters. The lowest BCUT2D eigenvalue weighted by Gasteiger charge is -2.34. The Balaban J connectivity index is 1.39. The zero-order valence-electron chi connectivity index (χ0n) is 22.9. The van der Waals surface area contributed by atoms with Crippen LogP contribution in [0.25, 0.3) is 0 Å². The topological polar surface area (TPSA) is 18.5 Å². The van der Waals surface area contributed by atoms with E-state index in [0.29, 0.717) is 13.2 Å². The molecule has 0 saturated heterocycles. The third-order valence-corrected chi connectivity index (χ3v) is 12.3. The number of hydrogen-bond acceptors (Lipinski definition) is 2. The van der Waals surface area contributed by atoms with Crippen molar-refractivity contribution in [2.75, 3.05) is 0 Å². The van der Waals surface area contributed by atoms with Crippen LogP contribution in [-0.2, 0) is 13.2 Å². The second-order valence-corrected chi connectivity index (χ2v) is 13.9. The average molecular weight is 549 g/mol. The first-order chi connectivity index (χ1) is 20.3. The summed E-state index contributed by atoms with van der Waals surface area (Å²) in [6, 6.07) is 59.9. The summed E-state index contributed by atoms with van der Waals surface area (Å²) in [5.74, 6) is 1.73. The molecule has 0 aliphatic heterocycles. The second kappa shape index (κ2) is 12.5. The normalized spacial score (nSPS) is 11.1. The Morgan fingerprint density at radius 2 is 0.610 bits per heavy atom. The molecular formula is C38H32O2Si. The Hall–Kier alpha value is -4.86. The Morgan fingerprint density at radius 1 is 0.317 bits per heavy atom. The van der Waals surface area contributed by atoms with Crippen molar-refractivity contribution in [2.24, 2.45) is 0 Å². The van der Waals surface area contributed by atoms with E-state index in [9.17, 15) is 0 Å². The Bertz CT molecular complexity index is 1510. The smallest absolute Gasteiger partial charge is 0.179 e. The van der Waals surface area contributed by atoms with Crippen LogP contribution in [0.1, 0.15) is 11.1 Å². The van der Waals surface area contributed by atoms with E-state index in [1.807, 2.05) is 36.4 Å². The minimum absolute atomic E-state index is 0.546. The first kappa shape index (κ1) is 26.4. The molecule has 0 aliphatic carbocycles. The maximum Gasteiger partial charge on any atom is 0.179 e. The summed E-state index contributed by atoms with van der Waals surface area (Å²) in [5, 5.41) is 5.28. The lowest BCUT2D eigenvalue weighted by molar-refractivity contribution is 0.306. The van der Waals surface area contributed by atoms with E-state index in [2.05, 4.69) is 133 Å². The first-order valence-corrected chi connectivity index (χ1v) is 16.0. The van der Waals surface area contributed by atoms with Crippen LogP contribution in [0.5, 0.6) is 11.5 Å². The summed E-state index contributed by atoms with van der Waals surface area (Å²) in [4.78, 5) is 0. The molecular weight excluding hydrogens is 517 g/mol. The lowest BCUT2D eigenvalue weighted by Crippen LogP contribution is -2.74. The van der Waals surface area contributed by atoms with E-state index < -0.39 is 8.07 Å². The molecule has 0 fully saturated rings. The lowest BCUT2D eigenvalue weighted by atomic mass is 10.2. The fourth-order valence-corrected chi connectivity index (χ4v) is 10.2. The van der Waals surface area contributed by atoms with Gasteiger partial charge in [-0.1, -0.05) is 146 Å². The fourth-order valence-electron chi connectivity index (χ4n) is 5.46. The molecule has 3 heteroatoms. The second-order valence-electron chi connectivity index (χ2n) is 10.1. The van der Waals surface area contributed by atoms with Gasteiger partial charge in [-0.2, -0.15) is 0 Å². The SMILES string of the molecule is c1ccc(COc2ccc([Si](c3ccccc3)(c3ccccc3)c3ccc(OCc4ccccc4)cc3)cc2)cc1. The summed E-state index contributed by atoms with van der Waals surface area (Å²) in [5.41, 5.74) is 2.31. The molecule has 2 nitrogen and oxygen atoms in total. The summed E-state index contributed by atoms with van der Waals surface area (Å²) >= 11 is 0. The number of hydrogen-bond donors (Lipinski definition) is 0. The first-order valence-electron chi connectivity index (χ1n) is 14.0. The van der Waals surface area contributed by atoms with Gasteiger partial charge in [-0.05, 0) is 56.1 Å². The Kier molecular flexibility index (Phi) is 8.07. The summed E-state index contributed by atoms with van der Waals surface area (Å²) in [7, 11) is -2.63. The number of ether oxygens (including phenoxy) is 2. The average Bonchev–Trinajstić information content (AvgIpc) is 3.06. The van der Waals surface area contributed by atoms with Crippen molar-refractivity contribution in [1.29, 1.82) is 0 Å². The van der Waals surface area contributed by atoms with Crippen molar-refractivity contribution >= 4 is 28.8 Å². The van der Waals surface area contributed by atoms with Crippen molar-refractivity contribution in [3.8, 4) is 11.5 Å². The van der Waals surface area contributed by atoms with Gasteiger partial charge in [0.15, 0.2) is 8.07 Å². The van der Waals surface area contributed by atoms with Gasteiger partial charge in [-0.25, -0.2) is 0 Å². The molecule has 0 saturated carbocycles. The van der Waals surface area contributed by atoms with Crippen molar-refractivity contribution in [3.63, 3.8) is 0 Å². The summed E-state index contributed by atoms with van der Waals surface area (Å²) in [6.07, 6.45) is 0. The highest BCUT2D eigenvalue weighted by Crippen LogP contribution is 2.17. The van der Waals surface area contributed by atoms with Gasteiger partial charge < -0.3 is 9.47 Å². The molecule has 0 radical (unpaired) electrons. The molecule has 200 valence electrons. The molecule has 0 heterocycles. The number of benzene rings is 6. The quantitative estimate of drug-likeness (QED) is 0.149. The van der Waals surface area contributed by atoms with E-state index in [0.717, 1.165) is 22.6 Å². The van der Waals surface area contributed by atoms with Gasteiger partial charge in [0.25, 0.3) is 0 Å². The molecule has 6 rings (SSSR count). The fraction of sp³-hybridized carbons (Fsp3) is 0.0526. The standard InChI is InChI=1S/C38H32O2Si/c1-5-13-31(14-6-1)29-39-33-21-25-37(26-22-33)41(35-17-9-3-10-18-35,36-19-11-4-12-20-36)38-27-23-34(24-28-38)40-30-32-15-7-2-8-16-32/h1-28H,29-30H2. The molecule has 41 heavy (non-hydrogen) atoms. The molecule has 0 spiro atoms. The van der Waals surface area contributed by atoms with Crippen LogP contribution in [-0.4, -0.2) is 8.07 Å². The maximum atomic E-state index is 6.15. The molecule has 0 atom stereocenters. The van der Waals surface area contributed by atoms with Crippen molar-refractivity contribution in [3.05, 3.63) is 181 Å². The highest BCUT2D eigenvalue weighted by Gasteiger charge is 2.41. The van der Waals surface area contributed by atoms with Gasteiger partial charge in [0.05, 0.1) is 0 Å². The van der Waals surface area contributed by atoms with Gasteiger partial charge in [-0.3, -0.25) is 0 Å². The summed E-state index contributed by atoms with van der Waals surface area (Å²) in [6.45, 7) is 1.09. The molecule has 0 aromatic heterocycles. The molecule has 0 amide bonds. The third-order valence-electron chi connectivity index (χ3n) is 7.48. The predicted octanol–water partition coefficient (Wildman–Crippen LogP) is 6.22. The van der Waals surface area contributed by atoms with Gasteiger partial charge in [0.2, 0.25) is 0 Å². The van der Waals surface area contributed by atoms with Crippen molar-refractivity contribution < 1.29 is 9.47 Å². The van der Waals surface area contributed by atoms with E-state index >= 15 is 0 Å². The van der Waals surface area contributed by atoms with Gasteiger partial charge >= 0.3 is 0 Å². The minimum atomic E-state index is -2.63. The largest absolute Gasteiger partial charge is 0.489 e. The van der Waals surface area contributed by atoms with Crippen LogP contribution in [0, 0.1) is 0 Å². The Morgan fingerprint density at radius 3 is 0.951 bits per heavy atom. The van der Waals surface area contributed by atoms with Crippen LogP contribution < -0.4 is 30.2 Å². The van der Waals surface area contributed by atoms with Crippen LogP contribution in [0.3, 0.4) is 0 Å². The van der Waals surface area contributed by atoms with Gasteiger partial charge in [0.1, 0.15) is 24.7 Å². The van der Waals surface area contributed by atoms with E-state index in [1.165, 1.54) is 20.7 Å². The van der Waals surface area contributed by atoms with Crippen LogP contribution in [0.15, 0.2) is 170 Å². The maximum absolute atomic E-state index is 6.15. The Labute approximate surface area is 243 Å². The summed E-state index contributed by atoms with van der Waals surface area (Å²) < 4.78 is 12.3. The monoisotopic (exact) mass is 548 g/mol. The molecule has 6 aromatic carbocycles. The highest BCUT2D eigenvalue weighted by atomic mass is 28.3. The van der Waals surface area contributed by atoms with E-state index in [-0.39, 0.29) is 0 Å². The van der Waals surface area contributed by atoms with Crippen LogP contribution in [0.4, 0.5) is 0 Å². The molecule has 0 aliphatic rings. The van der Waals surface area contributed by atoms with E-state index in [4.69, 9.17) is 9.47 Å². The number of rotatable bonds is 10. The molecule has 0 N–H and O–H groups in total. The molecule has 6 aromatic rings. The van der Waals surface area contributed by atoms with Crippen molar-refractivity contribution in [1.82, 2.24) is 0 Å². The molecule has 0 bridgehead atoms. The van der Waals surface area contributed by atoms with E-state index in [1.54, 1.807) is 0 Å². The predicted molar refractivity (Wildman–Crippen MR) is 172 cm³/mol. The zero-order chi connectivity index (χ0) is 27.7. The van der Waals surface area contributed by atoms with Gasteiger partial charge in [0, 0.05) is 0 Å². The third kappa shape index (κ3) is 5.86. The minimum Gasteiger partial charge on any atom is -0.489 e. The van der Waals surface area contributed by atoms with Crippen LogP contribution >= 0.6 is 0 Å². The van der Waals surface area contributed by atoms with Crippen molar-refractivity contribution in [2.45, 2.75) is 13.2 Å². The van der Waals surface area contributed by atoms with Gasteiger partial charge in [-0.15, -0.1) is 0 Å².